The van der Waals surface area contributed by atoms with Crippen molar-refractivity contribution in [1.82, 2.24) is 5.32 Å². The van der Waals surface area contributed by atoms with Gasteiger partial charge in [0.1, 0.15) is 0 Å². The van der Waals surface area contributed by atoms with E-state index in [4.69, 9.17) is 0 Å². The van der Waals surface area contributed by atoms with E-state index in [0.29, 0.717) is 4.90 Å². The Kier molecular flexibility index (Phi) is 3.64. The molecule has 5 heteroatoms. The third-order valence-corrected chi connectivity index (χ3v) is 5.29. The van der Waals surface area contributed by atoms with E-state index >= 15 is 0 Å². The largest absolute Gasteiger partial charge is 0.365 e. The zero-order valence-electron chi connectivity index (χ0n) is 11.1. The predicted molar refractivity (Wildman–Crippen MR) is 74.0 cm³/mol. The first kappa shape index (κ1) is 13.4. The van der Waals surface area contributed by atoms with Crippen LogP contribution in [0.4, 0.5) is 5.69 Å². The Labute approximate surface area is 109 Å². The first-order valence-corrected chi connectivity index (χ1v) is 7.85. The number of rotatable bonds is 3. The minimum atomic E-state index is -3.13. The topological polar surface area (TPSA) is 49.4 Å². The number of likely N-dealkylation sites (N-methyl/N-ethyl adjacent to an activating group) is 1. The van der Waals surface area contributed by atoms with Crippen molar-refractivity contribution < 1.29 is 8.42 Å². The highest BCUT2D eigenvalue weighted by Crippen LogP contribution is 2.33. The van der Waals surface area contributed by atoms with E-state index in [-0.39, 0.29) is 11.8 Å². The molecule has 100 valence electrons. The Morgan fingerprint density at radius 3 is 2.83 bits per heavy atom. The van der Waals surface area contributed by atoms with E-state index in [1.165, 1.54) is 0 Å². The third kappa shape index (κ3) is 2.37. The number of aryl methyl sites for hydroxylation is 1. The Morgan fingerprint density at radius 1 is 1.44 bits per heavy atom. The van der Waals surface area contributed by atoms with Gasteiger partial charge in [-0.05, 0) is 38.6 Å². The van der Waals surface area contributed by atoms with Gasteiger partial charge in [-0.3, -0.25) is 0 Å². The summed E-state index contributed by atoms with van der Waals surface area (Å²) in [6.45, 7) is 5.63. The van der Waals surface area contributed by atoms with Crippen LogP contribution in [0.2, 0.25) is 0 Å². The van der Waals surface area contributed by atoms with Crippen LogP contribution in [-0.4, -0.2) is 40.3 Å². The van der Waals surface area contributed by atoms with Crippen LogP contribution in [-0.2, 0) is 9.84 Å². The highest BCUT2D eigenvalue weighted by molar-refractivity contribution is 7.91. The van der Waals surface area contributed by atoms with Gasteiger partial charge < -0.3 is 10.2 Å². The van der Waals surface area contributed by atoms with Gasteiger partial charge in [0.25, 0.3) is 0 Å². The molecule has 1 N–H and O–H groups in total. The first-order valence-electron chi connectivity index (χ1n) is 6.20. The number of hydrogen-bond donors (Lipinski definition) is 1. The minimum absolute atomic E-state index is 0.0256. The lowest BCUT2D eigenvalue weighted by Crippen LogP contribution is -2.45. The van der Waals surface area contributed by atoms with Gasteiger partial charge in [0.2, 0.25) is 0 Å². The van der Waals surface area contributed by atoms with Crippen LogP contribution < -0.4 is 10.2 Å². The molecule has 0 radical (unpaired) electrons. The average molecular weight is 268 g/mol. The van der Waals surface area contributed by atoms with Crippen molar-refractivity contribution in [2.75, 3.05) is 30.8 Å². The Morgan fingerprint density at radius 2 is 2.17 bits per heavy atom. The van der Waals surface area contributed by atoms with Gasteiger partial charge in [-0.25, -0.2) is 8.42 Å². The monoisotopic (exact) mass is 268 g/mol. The van der Waals surface area contributed by atoms with E-state index < -0.39 is 9.84 Å². The number of anilines is 1. The minimum Gasteiger partial charge on any atom is -0.365 e. The van der Waals surface area contributed by atoms with Gasteiger partial charge in [0.05, 0.1) is 16.3 Å². The van der Waals surface area contributed by atoms with Crippen molar-refractivity contribution >= 4 is 15.5 Å². The number of nitrogens with zero attached hydrogens (tertiary/aromatic N) is 1. The molecular weight excluding hydrogens is 248 g/mol. The molecule has 0 fully saturated rings. The van der Waals surface area contributed by atoms with Gasteiger partial charge in [-0.1, -0.05) is 6.07 Å². The van der Waals surface area contributed by atoms with Crippen molar-refractivity contribution in [1.29, 1.82) is 0 Å². The normalized spacial score (nSPS) is 21.7. The van der Waals surface area contributed by atoms with Crippen molar-refractivity contribution in [3.8, 4) is 0 Å². The zero-order chi connectivity index (χ0) is 13.3. The van der Waals surface area contributed by atoms with Crippen LogP contribution in [0.3, 0.4) is 0 Å². The number of benzene rings is 1. The Bertz CT molecular complexity index is 540. The molecule has 0 amide bonds. The second kappa shape index (κ2) is 4.90. The lowest BCUT2D eigenvalue weighted by Gasteiger charge is -2.36. The number of sulfone groups is 1. The van der Waals surface area contributed by atoms with Crippen LogP contribution in [0.1, 0.15) is 12.5 Å². The lowest BCUT2D eigenvalue weighted by atomic mass is 10.1. The zero-order valence-corrected chi connectivity index (χ0v) is 11.9. The second-order valence-electron chi connectivity index (χ2n) is 4.90. The molecule has 0 aromatic heterocycles. The maximum atomic E-state index is 12.2. The van der Waals surface area contributed by atoms with Gasteiger partial charge >= 0.3 is 0 Å². The predicted octanol–water partition coefficient (Wildman–Crippen LogP) is 1.20. The fourth-order valence-corrected chi connectivity index (χ4v) is 4.19. The number of nitrogens with one attached hydrogen (secondary N) is 1. The van der Waals surface area contributed by atoms with Crippen molar-refractivity contribution in [3.63, 3.8) is 0 Å². The van der Waals surface area contributed by atoms with Crippen LogP contribution in [0.15, 0.2) is 23.1 Å². The smallest absolute Gasteiger partial charge is 0.182 e. The van der Waals surface area contributed by atoms with E-state index in [0.717, 1.165) is 24.3 Å². The summed E-state index contributed by atoms with van der Waals surface area (Å²) in [6.07, 6.45) is 0. The molecule has 1 atom stereocenters. The summed E-state index contributed by atoms with van der Waals surface area (Å²) in [5.74, 6) is 0.201. The molecule has 0 spiro atoms. The highest BCUT2D eigenvalue weighted by atomic mass is 32.2. The third-order valence-electron chi connectivity index (χ3n) is 3.35. The molecule has 1 aliphatic rings. The second-order valence-corrected chi connectivity index (χ2v) is 6.90. The lowest BCUT2D eigenvalue weighted by molar-refractivity contribution is 0.568. The van der Waals surface area contributed by atoms with E-state index in [1.54, 1.807) is 6.07 Å². The molecule has 1 aromatic carbocycles. The fraction of sp³-hybridized carbons (Fsp3) is 0.538. The molecule has 2 rings (SSSR count). The summed E-state index contributed by atoms with van der Waals surface area (Å²) in [4.78, 5) is 2.65. The molecular formula is C13H20N2O2S. The molecule has 1 unspecified atom stereocenters. The maximum absolute atomic E-state index is 12.2. The standard InChI is InChI=1S/C13H20N2O2S/c1-10-4-5-13-12(8-10)15(7-6-14-3)11(2)9-18(13,16)17/h4-5,8,11,14H,6-7,9H2,1-3H3. The number of fused-ring (bicyclic) bond motifs is 1. The molecule has 4 nitrogen and oxygen atoms in total. The molecule has 1 aliphatic heterocycles. The summed E-state index contributed by atoms with van der Waals surface area (Å²) in [5, 5.41) is 3.11. The Balaban J connectivity index is 2.49. The van der Waals surface area contributed by atoms with Crippen LogP contribution in [0.25, 0.3) is 0 Å². The van der Waals surface area contributed by atoms with Crippen LogP contribution in [0, 0.1) is 6.92 Å². The SMILES string of the molecule is CNCCN1c2cc(C)ccc2S(=O)(=O)CC1C. The van der Waals surface area contributed by atoms with Crippen molar-refractivity contribution in [3.05, 3.63) is 23.8 Å². The first-order chi connectivity index (χ1) is 8.45. The van der Waals surface area contributed by atoms with Crippen LogP contribution >= 0.6 is 0 Å². The molecule has 0 aliphatic carbocycles. The van der Waals surface area contributed by atoms with E-state index in [9.17, 15) is 8.42 Å². The number of hydrogen-bond acceptors (Lipinski definition) is 4. The highest BCUT2D eigenvalue weighted by Gasteiger charge is 2.32. The fourth-order valence-electron chi connectivity index (χ4n) is 2.42. The average Bonchev–Trinajstić information content (AvgIpc) is 2.27. The van der Waals surface area contributed by atoms with E-state index in [1.807, 2.05) is 33.0 Å². The van der Waals surface area contributed by atoms with Gasteiger partial charge in [-0.2, -0.15) is 0 Å². The van der Waals surface area contributed by atoms with Crippen molar-refractivity contribution in [2.45, 2.75) is 24.8 Å². The molecule has 0 saturated carbocycles. The molecule has 18 heavy (non-hydrogen) atoms. The van der Waals surface area contributed by atoms with Gasteiger partial charge in [-0.15, -0.1) is 0 Å². The summed E-state index contributed by atoms with van der Waals surface area (Å²) in [7, 11) is -1.22. The van der Waals surface area contributed by atoms with Gasteiger partial charge in [0.15, 0.2) is 9.84 Å². The molecule has 0 bridgehead atoms. The summed E-state index contributed by atoms with van der Waals surface area (Å²) in [5.41, 5.74) is 1.94. The quantitative estimate of drug-likeness (QED) is 0.895. The summed E-state index contributed by atoms with van der Waals surface area (Å²) < 4.78 is 24.3. The summed E-state index contributed by atoms with van der Waals surface area (Å²) >= 11 is 0. The molecule has 0 saturated heterocycles. The maximum Gasteiger partial charge on any atom is 0.182 e. The molecule has 1 aromatic rings. The van der Waals surface area contributed by atoms with Crippen molar-refractivity contribution in [2.24, 2.45) is 0 Å². The molecule has 1 heterocycles. The summed E-state index contributed by atoms with van der Waals surface area (Å²) in [6, 6.07) is 5.59. The van der Waals surface area contributed by atoms with E-state index in [2.05, 4.69) is 10.2 Å². The van der Waals surface area contributed by atoms with Crippen LogP contribution in [0.5, 0.6) is 0 Å². The van der Waals surface area contributed by atoms with Gasteiger partial charge in [0, 0.05) is 19.1 Å². The Hall–Kier alpha value is -1.07.